The van der Waals surface area contributed by atoms with Gasteiger partial charge in [0, 0.05) is 6.54 Å². The van der Waals surface area contributed by atoms with Crippen molar-refractivity contribution in [1.82, 2.24) is 5.32 Å². The van der Waals surface area contributed by atoms with Crippen molar-refractivity contribution < 1.29 is 5.11 Å². The van der Waals surface area contributed by atoms with Gasteiger partial charge in [-0.05, 0) is 62.6 Å². The highest BCUT2D eigenvalue weighted by atomic mass is 16.3. The number of aryl methyl sites for hydroxylation is 2. The molecule has 0 aliphatic rings. The summed E-state index contributed by atoms with van der Waals surface area (Å²) in [7, 11) is 1.86. The molecule has 0 aromatic heterocycles. The zero-order valence-electron chi connectivity index (χ0n) is 10.3. The van der Waals surface area contributed by atoms with Crippen LogP contribution >= 0.6 is 0 Å². The largest absolute Gasteiger partial charge is 0.387 e. The molecule has 0 fully saturated rings. The van der Waals surface area contributed by atoms with Gasteiger partial charge in [0.05, 0.1) is 6.10 Å². The Kier molecular flexibility index (Phi) is 3.89. The number of nitrogens with one attached hydrogen (secondary N) is 1. The van der Waals surface area contributed by atoms with Crippen molar-refractivity contribution in [3.8, 4) is 0 Å². The molecule has 0 spiro atoms. The molecule has 0 aliphatic carbocycles. The van der Waals surface area contributed by atoms with Crippen LogP contribution in [0.4, 0.5) is 0 Å². The zero-order chi connectivity index (χ0) is 11.6. The van der Waals surface area contributed by atoms with Gasteiger partial charge in [0.1, 0.15) is 0 Å². The van der Waals surface area contributed by atoms with Gasteiger partial charge in [-0.25, -0.2) is 0 Å². The second-order valence-electron chi connectivity index (χ2n) is 4.25. The lowest BCUT2D eigenvalue weighted by molar-refractivity contribution is 0.176. The second-order valence-corrected chi connectivity index (χ2v) is 4.25. The van der Waals surface area contributed by atoms with E-state index in [4.69, 9.17) is 0 Å². The maximum atomic E-state index is 10.1. The molecule has 0 saturated carbocycles. The number of benzene rings is 1. The van der Waals surface area contributed by atoms with Crippen molar-refractivity contribution in [2.75, 3.05) is 13.6 Å². The molecule has 1 rings (SSSR count). The molecule has 1 aromatic rings. The normalized spacial score (nSPS) is 12.9. The minimum absolute atomic E-state index is 0.409. The average molecular weight is 207 g/mol. The number of aliphatic hydroxyl groups is 1. The van der Waals surface area contributed by atoms with Gasteiger partial charge in [-0.2, -0.15) is 0 Å². The fraction of sp³-hybridized carbons (Fsp3) is 0.538. The first kappa shape index (κ1) is 12.2. The van der Waals surface area contributed by atoms with E-state index in [0.717, 1.165) is 5.56 Å². The van der Waals surface area contributed by atoms with Crippen LogP contribution in [-0.2, 0) is 0 Å². The fourth-order valence-corrected chi connectivity index (χ4v) is 2.04. The van der Waals surface area contributed by atoms with Crippen LogP contribution in [0.5, 0.6) is 0 Å². The van der Waals surface area contributed by atoms with Gasteiger partial charge in [-0.1, -0.05) is 6.07 Å². The third-order valence-corrected chi connectivity index (χ3v) is 3.15. The van der Waals surface area contributed by atoms with Crippen molar-refractivity contribution in [3.63, 3.8) is 0 Å². The monoisotopic (exact) mass is 207 g/mol. The minimum Gasteiger partial charge on any atom is -0.387 e. The first-order valence-corrected chi connectivity index (χ1v) is 5.39. The molecule has 1 atom stereocenters. The SMILES string of the molecule is CNCC(O)c1c(C)c(C)cc(C)c1C. The quantitative estimate of drug-likeness (QED) is 0.796. The number of hydrogen-bond acceptors (Lipinski definition) is 2. The summed E-state index contributed by atoms with van der Waals surface area (Å²) in [6.07, 6.45) is -0.409. The Labute approximate surface area is 92.3 Å². The molecular formula is C13H21NO. The summed E-state index contributed by atoms with van der Waals surface area (Å²) in [5, 5.41) is 13.1. The molecule has 1 aromatic carbocycles. The molecule has 2 nitrogen and oxygen atoms in total. The summed E-state index contributed by atoms with van der Waals surface area (Å²) in [5.41, 5.74) is 6.01. The van der Waals surface area contributed by atoms with Crippen molar-refractivity contribution in [1.29, 1.82) is 0 Å². The van der Waals surface area contributed by atoms with Crippen molar-refractivity contribution >= 4 is 0 Å². The van der Waals surface area contributed by atoms with E-state index < -0.39 is 6.10 Å². The molecule has 2 N–H and O–H groups in total. The lowest BCUT2D eigenvalue weighted by Gasteiger charge is -2.19. The van der Waals surface area contributed by atoms with Crippen molar-refractivity contribution in [2.45, 2.75) is 33.8 Å². The Morgan fingerprint density at radius 1 is 1.13 bits per heavy atom. The van der Waals surface area contributed by atoms with Gasteiger partial charge in [-0.15, -0.1) is 0 Å². The molecular weight excluding hydrogens is 186 g/mol. The average Bonchev–Trinajstić information content (AvgIpc) is 2.16. The van der Waals surface area contributed by atoms with Gasteiger partial charge < -0.3 is 10.4 Å². The van der Waals surface area contributed by atoms with E-state index in [0.29, 0.717) is 6.54 Å². The summed E-state index contributed by atoms with van der Waals surface area (Å²) in [6.45, 7) is 8.95. The molecule has 1 unspecified atom stereocenters. The van der Waals surface area contributed by atoms with E-state index in [1.54, 1.807) is 0 Å². The van der Waals surface area contributed by atoms with Crippen LogP contribution in [0.1, 0.15) is 33.9 Å². The summed E-state index contributed by atoms with van der Waals surface area (Å²) in [4.78, 5) is 0. The Balaban J connectivity index is 3.26. The van der Waals surface area contributed by atoms with Gasteiger partial charge >= 0.3 is 0 Å². The highest BCUT2D eigenvalue weighted by Crippen LogP contribution is 2.26. The number of likely N-dealkylation sites (N-methyl/N-ethyl adjacent to an activating group) is 1. The maximum Gasteiger partial charge on any atom is 0.0919 e. The van der Waals surface area contributed by atoms with Crippen LogP contribution in [0.3, 0.4) is 0 Å². The number of aliphatic hydroxyl groups excluding tert-OH is 1. The Morgan fingerprint density at radius 2 is 1.60 bits per heavy atom. The third-order valence-electron chi connectivity index (χ3n) is 3.15. The molecule has 0 aliphatic heterocycles. The highest BCUT2D eigenvalue weighted by molar-refractivity contribution is 5.45. The van der Waals surface area contributed by atoms with Crippen LogP contribution in [0.15, 0.2) is 6.07 Å². The van der Waals surface area contributed by atoms with E-state index in [1.807, 2.05) is 7.05 Å². The predicted octanol–water partition coefficient (Wildman–Crippen LogP) is 2.17. The van der Waals surface area contributed by atoms with E-state index in [1.165, 1.54) is 22.3 Å². The summed E-state index contributed by atoms with van der Waals surface area (Å²) in [6, 6.07) is 2.18. The molecule has 84 valence electrons. The topological polar surface area (TPSA) is 32.3 Å². The Hall–Kier alpha value is -0.860. The van der Waals surface area contributed by atoms with E-state index in [-0.39, 0.29) is 0 Å². The molecule has 0 radical (unpaired) electrons. The third kappa shape index (κ3) is 2.39. The standard InChI is InChI=1S/C13H21NO/c1-8-6-9(2)11(4)13(10(8)3)12(15)7-14-5/h6,12,14-15H,7H2,1-5H3. The van der Waals surface area contributed by atoms with E-state index >= 15 is 0 Å². The van der Waals surface area contributed by atoms with Gasteiger partial charge in [-0.3, -0.25) is 0 Å². The van der Waals surface area contributed by atoms with Crippen molar-refractivity contribution in [3.05, 3.63) is 33.9 Å². The molecule has 15 heavy (non-hydrogen) atoms. The zero-order valence-corrected chi connectivity index (χ0v) is 10.3. The second kappa shape index (κ2) is 4.77. The summed E-state index contributed by atoms with van der Waals surface area (Å²) in [5.74, 6) is 0. The number of rotatable bonds is 3. The molecule has 0 amide bonds. The van der Waals surface area contributed by atoms with E-state index in [9.17, 15) is 5.11 Å². The van der Waals surface area contributed by atoms with Gasteiger partial charge in [0.25, 0.3) is 0 Å². The first-order valence-electron chi connectivity index (χ1n) is 5.39. The van der Waals surface area contributed by atoms with Gasteiger partial charge in [0.15, 0.2) is 0 Å². The number of hydrogen-bond donors (Lipinski definition) is 2. The van der Waals surface area contributed by atoms with Crippen LogP contribution in [0, 0.1) is 27.7 Å². The molecule has 0 saturated heterocycles. The first-order chi connectivity index (χ1) is 6.99. The lowest BCUT2D eigenvalue weighted by Crippen LogP contribution is -2.19. The van der Waals surface area contributed by atoms with E-state index in [2.05, 4.69) is 39.1 Å². The predicted molar refractivity (Wildman–Crippen MR) is 64.3 cm³/mol. The van der Waals surface area contributed by atoms with Crippen LogP contribution < -0.4 is 5.32 Å². The fourth-order valence-electron chi connectivity index (χ4n) is 2.04. The maximum absolute atomic E-state index is 10.1. The summed E-state index contributed by atoms with van der Waals surface area (Å²) < 4.78 is 0. The lowest BCUT2D eigenvalue weighted by atomic mass is 9.91. The Morgan fingerprint density at radius 3 is 2.00 bits per heavy atom. The van der Waals surface area contributed by atoms with Crippen LogP contribution in [-0.4, -0.2) is 18.7 Å². The summed E-state index contributed by atoms with van der Waals surface area (Å²) >= 11 is 0. The molecule has 0 bridgehead atoms. The van der Waals surface area contributed by atoms with Crippen molar-refractivity contribution in [2.24, 2.45) is 0 Å². The van der Waals surface area contributed by atoms with Gasteiger partial charge in [0.2, 0.25) is 0 Å². The molecule has 2 heteroatoms. The molecule has 0 heterocycles. The minimum atomic E-state index is -0.409. The van der Waals surface area contributed by atoms with Crippen LogP contribution in [0.2, 0.25) is 0 Å². The van der Waals surface area contributed by atoms with Crippen LogP contribution in [0.25, 0.3) is 0 Å². The Bertz CT molecular complexity index is 332. The highest BCUT2D eigenvalue weighted by Gasteiger charge is 2.15. The smallest absolute Gasteiger partial charge is 0.0919 e.